The van der Waals surface area contributed by atoms with Crippen molar-refractivity contribution in [3.63, 3.8) is 0 Å². The zero-order chi connectivity index (χ0) is 18.2. The molecule has 4 nitrogen and oxygen atoms in total. The molecule has 25 heavy (non-hydrogen) atoms. The lowest BCUT2D eigenvalue weighted by Crippen LogP contribution is -2.59. The molecule has 3 rings (SSSR count). The highest BCUT2D eigenvalue weighted by atomic mass is 15.3. The maximum absolute atomic E-state index is 4.72. The Balaban J connectivity index is 1.45. The third-order valence-electron chi connectivity index (χ3n) is 5.73. The second kappa shape index (κ2) is 6.88. The van der Waals surface area contributed by atoms with E-state index >= 15 is 0 Å². The van der Waals surface area contributed by atoms with Crippen LogP contribution in [0.3, 0.4) is 0 Å². The summed E-state index contributed by atoms with van der Waals surface area (Å²) in [5, 5.41) is 0. The Bertz CT molecular complexity index is 553. The van der Waals surface area contributed by atoms with Gasteiger partial charge in [-0.3, -0.25) is 9.80 Å². The molecule has 3 heterocycles. The molecule has 0 spiro atoms. The number of piperazine rings is 1. The molecule has 2 aliphatic rings. The summed E-state index contributed by atoms with van der Waals surface area (Å²) in [5.41, 5.74) is 1.82. The van der Waals surface area contributed by atoms with E-state index in [1.807, 2.05) is 0 Å². The van der Waals surface area contributed by atoms with E-state index in [1.165, 1.54) is 25.2 Å². The minimum atomic E-state index is 0.175. The number of anilines is 1. The van der Waals surface area contributed by atoms with Gasteiger partial charge >= 0.3 is 0 Å². The van der Waals surface area contributed by atoms with Gasteiger partial charge in [-0.2, -0.15) is 0 Å². The molecule has 1 aromatic heterocycles. The SMILES string of the molecule is CC(C)(C)c1ccc(N2CCN(CC3CN(C(C)(C)C)C3)CC2)nc1. The largest absolute Gasteiger partial charge is 0.354 e. The third-order valence-corrected chi connectivity index (χ3v) is 5.73. The zero-order valence-electron chi connectivity index (χ0n) is 17.0. The Morgan fingerprint density at radius 2 is 1.60 bits per heavy atom. The van der Waals surface area contributed by atoms with Gasteiger partial charge in [0.15, 0.2) is 0 Å². The normalized spacial score (nSPS) is 21.4. The molecular formula is C21H36N4. The lowest BCUT2D eigenvalue weighted by atomic mass is 9.88. The topological polar surface area (TPSA) is 22.6 Å². The quantitative estimate of drug-likeness (QED) is 0.839. The summed E-state index contributed by atoms with van der Waals surface area (Å²) in [6.07, 6.45) is 2.05. The Morgan fingerprint density at radius 1 is 0.960 bits per heavy atom. The van der Waals surface area contributed by atoms with Gasteiger partial charge in [-0.05, 0) is 43.7 Å². The summed E-state index contributed by atoms with van der Waals surface area (Å²) >= 11 is 0. The minimum absolute atomic E-state index is 0.175. The number of likely N-dealkylation sites (tertiary alicyclic amines) is 1. The van der Waals surface area contributed by atoms with Crippen molar-refractivity contribution in [2.75, 3.05) is 50.7 Å². The highest BCUT2D eigenvalue weighted by Gasteiger charge is 2.35. The minimum Gasteiger partial charge on any atom is -0.354 e. The van der Waals surface area contributed by atoms with E-state index in [-0.39, 0.29) is 5.41 Å². The van der Waals surface area contributed by atoms with Crippen LogP contribution >= 0.6 is 0 Å². The van der Waals surface area contributed by atoms with Crippen LogP contribution in [-0.2, 0) is 5.41 Å². The van der Waals surface area contributed by atoms with Crippen LogP contribution in [-0.4, -0.2) is 66.1 Å². The summed E-state index contributed by atoms with van der Waals surface area (Å²) in [5.74, 6) is 1.99. The smallest absolute Gasteiger partial charge is 0.128 e. The molecule has 4 heteroatoms. The monoisotopic (exact) mass is 344 g/mol. The fourth-order valence-corrected chi connectivity index (χ4v) is 3.77. The van der Waals surface area contributed by atoms with Crippen molar-refractivity contribution in [2.45, 2.75) is 52.5 Å². The molecule has 0 radical (unpaired) electrons. The van der Waals surface area contributed by atoms with Crippen molar-refractivity contribution in [3.8, 4) is 0 Å². The van der Waals surface area contributed by atoms with Gasteiger partial charge in [0.1, 0.15) is 5.82 Å². The first-order valence-electron chi connectivity index (χ1n) is 9.82. The van der Waals surface area contributed by atoms with Gasteiger partial charge in [0.2, 0.25) is 0 Å². The van der Waals surface area contributed by atoms with Crippen molar-refractivity contribution >= 4 is 5.82 Å². The van der Waals surface area contributed by atoms with Crippen LogP contribution in [0.4, 0.5) is 5.82 Å². The molecule has 0 N–H and O–H groups in total. The summed E-state index contributed by atoms with van der Waals surface area (Å²) < 4.78 is 0. The van der Waals surface area contributed by atoms with E-state index in [0.717, 1.165) is 37.9 Å². The van der Waals surface area contributed by atoms with Crippen molar-refractivity contribution in [1.29, 1.82) is 0 Å². The fraction of sp³-hybridized carbons (Fsp3) is 0.762. The molecule has 2 saturated heterocycles. The van der Waals surface area contributed by atoms with Crippen LogP contribution in [0.5, 0.6) is 0 Å². The average molecular weight is 345 g/mol. The lowest BCUT2D eigenvalue weighted by Gasteiger charge is -2.49. The van der Waals surface area contributed by atoms with Gasteiger partial charge in [0.25, 0.3) is 0 Å². The number of nitrogens with zero attached hydrogens (tertiary/aromatic N) is 4. The van der Waals surface area contributed by atoms with Crippen LogP contribution in [0, 0.1) is 5.92 Å². The van der Waals surface area contributed by atoms with E-state index in [2.05, 4.69) is 74.6 Å². The highest BCUT2D eigenvalue weighted by Crippen LogP contribution is 2.27. The molecule has 0 unspecified atom stereocenters. The maximum Gasteiger partial charge on any atom is 0.128 e. The predicted molar refractivity (Wildman–Crippen MR) is 106 cm³/mol. The summed E-state index contributed by atoms with van der Waals surface area (Å²) in [6.45, 7) is 22.0. The molecule has 2 aliphatic heterocycles. The Hall–Kier alpha value is -1.13. The molecule has 2 fully saturated rings. The Morgan fingerprint density at radius 3 is 2.08 bits per heavy atom. The number of pyridine rings is 1. The van der Waals surface area contributed by atoms with E-state index in [4.69, 9.17) is 4.98 Å². The van der Waals surface area contributed by atoms with Gasteiger partial charge < -0.3 is 4.90 Å². The number of rotatable bonds is 3. The molecule has 0 atom stereocenters. The van der Waals surface area contributed by atoms with E-state index in [1.54, 1.807) is 0 Å². The van der Waals surface area contributed by atoms with E-state index in [9.17, 15) is 0 Å². The van der Waals surface area contributed by atoms with Crippen LogP contribution < -0.4 is 4.90 Å². The zero-order valence-corrected chi connectivity index (χ0v) is 17.0. The predicted octanol–water partition coefficient (Wildman–Crippen LogP) is 3.23. The van der Waals surface area contributed by atoms with Crippen molar-refractivity contribution in [3.05, 3.63) is 23.9 Å². The maximum atomic E-state index is 4.72. The van der Waals surface area contributed by atoms with Gasteiger partial charge in [0, 0.05) is 57.5 Å². The summed E-state index contributed by atoms with van der Waals surface area (Å²) in [4.78, 5) is 12.4. The van der Waals surface area contributed by atoms with Crippen LogP contribution in [0.15, 0.2) is 18.3 Å². The van der Waals surface area contributed by atoms with Crippen molar-refractivity contribution < 1.29 is 0 Å². The van der Waals surface area contributed by atoms with E-state index in [0.29, 0.717) is 5.54 Å². The van der Waals surface area contributed by atoms with Crippen molar-refractivity contribution in [2.24, 2.45) is 5.92 Å². The molecule has 0 amide bonds. The van der Waals surface area contributed by atoms with E-state index < -0.39 is 0 Å². The standard InChI is InChI=1S/C21H36N4/c1-20(2,3)18-7-8-19(22-13-18)24-11-9-23(10-12-24)14-17-15-25(16-17)21(4,5)6/h7-8,13,17H,9-12,14-16H2,1-6H3. The third kappa shape index (κ3) is 4.53. The first-order valence-corrected chi connectivity index (χ1v) is 9.82. The number of aromatic nitrogens is 1. The summed E-state index contributed by atoms with van der Waals surface area (Å²) in [7, 11) is 0. The van der Waals surface area contributed by atoms with Crippen LogP contribution in [0.2, 0.25) is 0 Å². The molecular weight excluding hydrogens is 308 g/mol. The Labute approximate surface area is 154 Å². The first kappa shape index (κ1) is 18.7. The molecule has 0 aliphatic carbocycles. The van der Waals surface area contributed by atoms with Gasteiger partial charge in [-0.1, -0.05) is 26.8 Å². The molecule has 140 valence electrons. The van der Waals surface area contributed by atoms with Gasteiger partial charge in [0.05, 0.1) is 0 Å². The second-order valence-electron chi connectivity index (χ2n) is 9.88. The first-order chi connectivity index (χ1) is 11.6. The van der Waals surface area contributed by atoms with Gasteiger partial charge in [-0.15, -0.1) is 0 Å². The Kier molecular flexibility index (Phi) is 5.13. The van der Waals surface area contributed by atoms with Gasteiger partial charge in [-0.25, -0.2) is 4.98 Å². The molecule has 0 aromatic carbocycles. The molecule has 0 bridgehead atoms. The molecule has 1 aromatic rings. The fourth-order valence-electron chi connectivity index (χ4n) is 3.77. The number of hydrogen-bond acceptors (Lipinski definition) is 4. The van der Waals surface area contributed by atoms with Crippen LogP contribution in [0.25, 0.3) is 0 Å². The van der Waals surface area contributed by atoms with Crippen LogP contribution in [0.1, 0.15) is 47.1 Å². The second-order valence-corrected chi connectivity index (χ2v) is 9.88. The molecule has 0 saturated carbocycles. The highest BCUT2D eigenvalue weighted by molar-refractivity contribution is 5.41. The summed E-state index contributed by atoms with van der Waals surface area (Å²) in [6, 6.07) is 4.44. The average Bonchev–Trinajstić information content (AvgIpc) is 2.49. The lowest BCUT2D eigenvalue weighted by molar-refractivity contribution is -0.00251. The number of hydrogen-bond donors (Lipinski definition) is 0. The van der Waals surface area contributed by atoms with Crippen molar-refractivity contribution in [1.82, 2.24) is 14.8 Å².